The van der Waals surface area contributed by atoms with Crippen molar-refractivity contribution in [3.63, 3.8) is 0 Å². The molecule has 0 amide bonds. The predicted molar refractivity (Wildman–Crippen MR) is 66.5 cm³/mol. The largest absolute Gasteiger partial charge is 0.389 e. The molecule has 0 radical (unpaired) electrons. The molecule has 0 bridgehead atoms. The Balaban J connectivity index is 2.90. The molecule has 1 atom stereocenters. The standard InChI is InChI=1S/C11H13BrN2O2/c1-6(15)7-4-9-10(5-8(7)12)14(3)11(16)13(9)2/h4-6,15H,1-3H3. The zero-order chi connectivity index (χ0) is 12.0. The summed E-state index contributed by atoms with van der Waals surface area (Å²) in [5, 5.41) is 9.61. The summed E-state index contributed by atoms with van der Waals surface area (Å²) in [7, 11) is 3.46. The number of aliphatic hydroxyl groups is 1. The minimum absolute atomic E-state index is 0.0651. The number of imidazole rings is 1. The lowest BCUT2D eigenvalue weighted by Gasteiger charge is -2.08. The van der Waals surface area contributed by atoms with E-state index in [9.17, 15) is 9.90 Å². The summed E-state index contributed by atoms with van der Waals surface area (Å²) in [5.74, 6) is 0. The first-order chi connectivity index (χ1) is 7.43. The van der Waals surface area contributed by atoms with Crippen molar-refractivity contribution in [3.8, 4) is 0 Å². The molecule has 1 aromatic heterocycles. The second kappa shape index (κ2) is 3.75. The van der Waals surface area contributed by atoms with E-state index in [0.29, 0.717) is 0 Å². The van der Waals surface area contributed by atoms with Crippen LogP contribution in [0.15, 0.2) is 21.4 Å². The van der Waals surface area contributed by atoms with Gasteiger partial charge in [-0.05, 0) is 24.6 Å². The molecule has 2 rings (SSSR count). The summed E-state index contributed by atoms with van der Waals surface area (Å²) >= 11 is 3.40. The number of aliphatic hydroxyl groups excluding tert-OH is 1. The molecule has 0 saturated carbocycles. The van der Waals surface area contributed by atoms with Crippen molar-refractivity contribution in [1.29, 1.82) is 0 Å². The maximum Gasteiger partial charge on any atom is 0.328 e. The van der Waals surface area contributed by atoms with Crippen LogP contribution in [-0.4, -0.2) is 14.2 Å². The Hall–Kier alpha value is -1.07. The third-order valence-corrected chi connectivity index (χ3v) is 3.53. The lowest BCUT2D eigenvalue weighted by molar-refractivity contribution is 0.198. The maximum atomic E-state index is 11.7. The van der Waals surface area contributed by atoms with Gasteiger partial charge in [-0.15, -0.1) is 0 Å². The van der Waals surface area contributed by atoms with E-state index in [0.717, 1.165) is 21.1 Å². The molecular formula is C11H13BrN2O2. The fourth-order valence-corrected chi connectivity index (χ4v) is 2.52. The number of rotatable bonds is 1. The molecule has 16 heavy (non-hydrogen) atoms. The molecule has 0 fully saturated rings. The number of fused-ring (bicyclic) bond motifs is 1. The molecular weight excluding hydrogens is 272 g/mol. The molecule has 0 saturated heterocycles. The smallest absolute Gasteiger partial charge is 0.328 e. The molecule has 0 aliphatic rings. The van der Waals surface area contributed by atoms with Crippen LogP contribution in [0.5, 0.6) is 0 Å². The fourth-order valence-electron chi connectivity index (χ4n) is 1.86. The third kappa shape index (κ3) is 1.51. The topological polar surface area (TPSA) is 47.2 Å². The Bertz CT molecular complexity index is 610. The zero-order valence-corrected chi connectivity index (χ0v) is 10.9. The molecule has 2 aromatic rings. The van der Waals surface area contributed by atoms with E-state index in [2.05, 4.69) is 15.9 Å². The average Bonchev–Trinajstić information content (AvgIpc) is 2.43. The predicted octanol–water partition coefficient (Wildman–Crippen LogP) is 1.69. The van der Waals surface area contributed by atoms with E-state index >= 15 is 0 Å². The fraction of sp³-hybridized carbons (Fsp3) is 0.364. The van der Waals surface area contributed by atoms with Gasteiger partial charge in [0.15, 0.2) is 0 Å². The van der Waals surface area contributed by atoms with Crippen LogP contribution in [0.4, 0.5) is 0 Å². The van der Waals surface area contributed by atoms with Gasteiger partial charge in [-0.1, -0.05) is 15.9 Å². The number of aryl methyl sites for hydroxylation is 2. The average molecular weight is 285 g/mol. The van der Waals surface area contributed by atoms with Gasteiger partial charge in [-0.2, -0.15) is 0 Å². The van der Waals surface area contributed by atoms with Crippen molar-refractivity contribution in [1.82, 2.24) is 9.13 Å². The van der Waals surface area contributed by atoms with E-state index in [-0.39, 0.29) is 5.69 Å². The first-order valence-corrected chi connectivity index (χ1v) is 5.75. The van der Waals surface area contributed by atoms with Crippen molar-refractivity contribution in [2.75, 3.05) is 0 Å². The Labute approximate surface area is 101 Å². The summed E-state index contributed by atoms with van der Waals surface area (Å²) in [5.41, 5.74) is 2.40. The normalized spacial score (nSPS) is 13.3. The minimum atomic E-state index is -0.561. The molecule has 0 spiro atoms. The van der Waals surface area contributed by atoms with Crippen LogP contribution in [0.3, 0.4) is 0 Å². The highest BCUT2D eigenvalue weighted by molar-refractivity contribution is 9.10. The number of hydrogen-bond acceptors (Lipinski definition) is 2. The first-order valence-electron chi connectivity index (χ1n) is 4.96. The summed E-state index contributed by atoms with van der Waals surface area (Å²) in [6.45, 7) is 1.70. The first kappa shape index (κ1) is 11.4. The highest BCUT2D eigenvalue weighted by Crippen LogP contribution is 2.27. The second-order valence-electron chi connectivity index (χ2n) is 3.94. The number of aromatic nitrogens is 2. The monoisotopic (exact) mass is 284 g/mol. The summed E-state index contributed by atoms with van der Waals surface area (Å²) in [4.78, 5) is 11.7. The van der Waals surface area contributed by atoms with Gasteiger partial charge in [0.25, 0.3) is 0 Å². The lowest BCUT2D eigenvalue weighted by atomic mass is 10.1. The van der Waals surface area contributed by atoms with Gasteiger partial charge in [0.05, 0.1) is 17.1 Å². The third-order valence-electron chi connectivity index (χ3n) is 2.84. The number of hydrogen-bond donors (Lipinski definition) is 1. The van der Waals surface area contributed by atoms with E-state index in [1.165, 1.54) is 0 Å². The van der Waals surface area contributed by atoms with Gasteiger partial charge in [0.2, 0.25) is 0 Å². The van der Waals surface area contributed by atoms with Crippen molar-refractivity contribution in [2.24, 2.45) is 14.1 Å². The van der Waals surface area contributed by atoms with Crippen LogP contribution >= 0.6 is 15.9 Å². The molecule has 0 aliphatic carbocycles. The summed E-state index contributed by atoms with van der Waals surface area (Å²) < 4.78 is 3.98. The van der Waals surface area contributed by atoms with Crippen LogP contribution in [0, 0.1) is 0 Å². The second-order valence-corrected chi connectivity index (χ2v) is 4.79. The molecule has 1 unspecified atom stereocenters. The van der Waals surface area contributed by atoms with Crippen LogP contribution in [0.1, 0.15) is 18.6 Å². The summed E-state index contributed by atoms with van der Waals surface area (Å²) in [6, 6.07) is 3.70. The Kier molecular flexibility index (Phi) is 2.67. The van der Waals surface area contributed by atoms with Gasteiger partial charge in [0, 0.05) is 18.6 Å². The van der Waals surface area contributed by atoms with Gasteiger partial charge in [-0.3, -0.25) is 9.13 Å². The van der Waals surface area contributed by atoms with Gasteiger partial charge in [-0.25, -0.2) is 4.79 Å². The molecule has 4 nitrogen and oxygen atoms in total. The van der Waals surface area contributed by atoms with E-state index in [1.807, 2.05) is 12.1 Å². The van der Waals surface area contributed by atoms with Gasteiger partial charge in [0.1, 0.15) is 0 Å². The Morgan fingerprint density at radius 3 is 2.25 bits per heavy atom. The highest BCUT2D eigenvalue weighted by Gasteiger charge is 2.13. The maximum absolute atomic E-state index is 11.7. The van der Waals surface area contributed by atoms with Crippen molar-refractivity contribution in [2.45, 2.75) is 13.0 Å². The molecule has 5 heteroatoms. The SMILES string of the molecule is CC(O)c1cc2c(cc1Br)n(C)c(=O)n2C. The van der Waals surface area contributed by atoms with E-state index in [1.54, 1.807) is 30.2 Å². The Morgan fingerprint density at radius 1 is 1.25 bits per heavy atom. The molecule has 86 valence electrons. The van der Waals surface area contributed by atoms with Crippen LogP contribution in [0.2, 0.25) is 0 Å². The van der Waals surface area contributed by atoms with Crippen LogP contribution < -0.4 is 5.69 Å². The van der Waals surface area contributed by atoms with Crippen molar-refractivity contribution in [3.05, 3.63) is 32.7 Å². The van der Waals surface area contributed by atoms with Crippen LogP contribution in [0.25, 0.3) is 11.0 Å². The van der Waals surface area contributed by atoms with Gasteiger partial charge < -0.3 is 5.11 Å². The van der Waals surface area contributed by atoms with E-state index < -0.39 is 6.10 Å². The van der Waals surface area contributed by atoms with Crippen LogP contribution in [-0.2, 0) is 14.1 Å². The van der Waals surface area contributed by atoms with E-state index in [4.69, 9.17) is 0 Å². The highest BCUT2D eigenvalue weighted by atomic mass is 79.9. The minimum Gasteiger partial charge on any atom is -0.389 e. The summed E-state index contributed by atoms with van der Waals surface area (Å²) in [6.07, 6.45) is -0.561. The number of nitrogens with zero attached hydrogens (tertiary/aromatic N) is 2. The number of halogens is 1. The number of benzene rings is 1. The van der Waals surface area contributed by atoms with Gasteiger partial charge >= 0.3 is 5.69 Å². The van der Waals surface area contributed by atoms with Crippen molar-refractivity contribution < 1.29 is 5.11 Å². The lowest BCUT2D eigenvalue weighted by Crippen LogP contribution is -2.19. The molecule has 1 N–H and O–H groups in total. The molecule has 1 heterocycles. The Morgan fingerprint density at radius 2 is 1.75 bits per heavy atom. The quantitative estimate of drug-likeness (QED) is 0.866. The molecule has 0 aliphatic heterocycles. The zero-order valence-electron chi connectivity index (χ0n) is 9.36. The van der Waals surface area contributed by atoms with Crippen molar-refractivity contribution >= 4 is 27.0 Å². The molecule has 1 aromatic carbocycles.